The van der Waals surface area contributed by atoms with E-state index in [1.54, 1.807) is 6.92 Å². The number of aryl methyl sites for hydroxylation is 2. The standard InChI is InChI=1S/C11H10F2N2OS/c1-5-3-4-7(12)8(9(5)13)10(16)11-6(2)14-15-17-11/h3-4,10,16H,1-2H3. The number of hydrogen-bond donors (Lipinski definition) is 1. The van der Waals surface area contributed by atoms with Gasteiger partial charge in [0.05, 0.1) is 16.1 Å². The Morgan fingerprint density at radius 2 is 2.00 bits per heavy atom. The normalized spacial score (nSPS) is 12.8. The van der Waals surface area contributed by atoms with Crippen LogP contribution >= 0.6 is 11.5 Å². The second kappa shape index (κ2) is 4.46. The van der Waals surface area contributed by atoms with E-state index >= 15 is 0 Å². The topological polar surface area (TPSA) is 46.0 Å². The summed E-state index contributed by atoms with van der Waals surface area (Å²) in [5, 5.41) is 13.7. The Morgan fingerprint density at radius 1 is 1.29 bits per heavy atom. The Hall–Kier alpha value is -1.40. The van der Waals surface area contributed by atoms with E-state index in [1.165, 1.54) is 13.0 Å². The van der Waals surface area contributed by atoms with Crippen molar-refractivity contribution in [3.8, 4) is 0 Å². The van der Waals surface area contributed by atoms with Crippen LogP contribution < -0.4 is 0 Å². The molecule has 0 saturated carbocycles. The van der Waals surface area contributed by atoms with Gasteiger partial charge in [-0.3, -0.25) is 0 Å². The van der Waals surface area contributed by atoms with Gasteiger partial charge in [0, 0.05) is 0 Å². The van der Waals surface area contributed by atoms with Crippen molar-refractivity contribution in [2.24, 2.45) is 0 Å². The maximum atomic E-state index is 13.8. The summed E-state index contributed by atoms with van der Waals surface area (Å²) in [6, 6.07) is 2.47. The van der Waals surface area contributed by atoms with E-state index in [-0.39, 0.29) is 11.1 Å². The largest absolute Gasteiger partial charge is 0.382 e. The van der Waals surface area contributed by atoms with Crippen LogP contribution in [-0.2, 0) is 0 Å². The summed E-state index contributed by atoms with van der Waals surface area (Å²) in [5.74, 6) is -1.50. The lowest BCUT2D eigenvalue weighted by Crippen LogP contribution is -2.07. The molecule has 0 radical (unpaired) electrons. The van der Waals surface area contributed by atoms with Gasteiger partial charge in [0.15, 0.2) is 0 Å². The summed E-state index contributed by atoms with van der Waals surface area (Å²) in [6.45, 7) is 3.15. The van der Waals surface area contributed by atoms with Gasteiger partial charge in [0.2, 0.25) is 0 Å². The van der Waals surface area contributed by atoms with Crippen LogP contribution in [0.15, 0.2) is 12.1 Å². The third-order valence-electron chi connectivity index (χ3n) is 2.53. The predicted octanol–water partition coefficient (Wildman–Crippen LogP) is 2.51. The highest BCUT2D eigenvalue weighted by Crippen LogP contribution is 2.31. The van der Waals surface area contributed by atoms with Crippen molar-refractivity contribution in [2.75, 3.05) is 0 Å². The van der Waals surface area contributed by atoms with Crippen molar-refractivity contribution in [1.29, 1.82) is 0 Å². The maximum Gasteiger partial charge on any atom is 0.135 e. The molecule has 0 saturated heterocycles. The molecule has 1 aromatic heterocycles. The molecule has 0 spiro atoms. The molecule has 1 aromatic carbocycles. The molecule has 1 unspecified atom stereocenters. The van der Waals surface area contributed by atoms with E-state index in [0.717, 1.165) is 17.6 Å². The van der Waals surface area contributed by atoms with Crippen molar-refractivity contribution in [3.05, 3.63) is 45.5 Å². The number of aliphatic hydroxyl groups is 1. The summed E-state index contributed by atoms with van der Waals surface area (Å²) < 4.78 is 31.0. The molecule has 0 amide bonds. The van der Waals surface area contributed by atoms with Crippen LogP contribution in [0.25, 0.3) is 0 Å². The minimum Gasteiger partial charge on any atom is -0.382 e. The fraction of sp³-hybridized carbons (Fsp3) is 0.273. The average molecular weight is 256 g/mol. The highest BCUT2D eigenvalue weighted by atomic mass is 32.1. The number of aromatic nitrogens is 2. The summed E-state index contributed by atoms with van der Waals surface area (Å²) in [7, 11) is 0. The molecule has 1 atom stereocenters. The highest BCUT2D eigenvalue weighted by molar-refractivity contribution is 7.05. The van der Waals surface area contributed by atoms with E-state index in [1.807, 2.05) is 0 Å². The van der Waals surface area contributed by atoms with Crippen molar-refractivity contribution in [1.82, 2.24) is 9.59 Å². The number of aliphatic hydroxyl groups excluding tert-OH is 1. The number of hydrogen-bond acceptors (Lipinski definition) is 4. The van der Waals surface area contributed by atoms with Crippen LogP contribution in [0.5, 0.6) is 0 Å². The van der Waals surface area contributed by atoms with Crippen LogP contribution in [0.2, 0.25) is 0 Å². The fourth-order valence-electron chi connectivity index (χ4n) is 1.55. The Labute approximate surface area is 101 Å². The van der Waals surface area contributed by atoms with Crippen LogP contribution in [0.1, 0.15) is 27.8 Å². The predicted molar refractivity (Wildman–Crippen MR) is 59.8 cm³/mol. The van der Waals surface area contributed by atoms with Gasteiger partial charge < -0.3 is 5.11 Å². The summed E-state index contributed by atoms with van der Waals surface area (Å²) in [5.41, 5.74) is 0.414. The third kappa shape index (κ3) is 2.05. The van der Waals surface area contributed by atoms with Crippen molar-refractivity contribution in [3.63, 3.8) is 0 Å². The fourth-order valence-corrected chi connectivity index (χ4v) is 2.19. The summed E-state index contributed by atoms with van der Waals surface area (Å²) >= 11 is 0.931. The second-order valence-electron chi connectivity index (χ2n) is 3.72. The van der Waals surface area contributed by atoms with Crippen LogP contribution in [0.4, 0.5) is 8.78 Å². The lowest BCUT2D eigenvalue weighted by molar-refractivity contribution is 0.211. The first-order valence-electron chi connectivity index (χ1n) is 4.93. The molecule has 90 valence electrons. The molecule has 0 aliphatic heterocycles. The first kappa shape index (κ1) is 12.1. The molecular formula is C11H10F2N2OS. The van der Waals surface area contributed by atoms with Crippen LogP contribution in [-0.4, -0.2) is 14.7 Å². The van der Waals surface area contributed by atoms with E-state index in [0.29, 0.717) is 10.6 Å². The van der Waals surface area contributed by atoms with Crippen molar-refractivity contribution >= 4 is 11.5 Å². The molecule has 0 bridgehead atoms. The molecule has 2 rings (SSSR count). The minimum absolute atomic E-state index is 0.288. The number of nitrogens with zero attached hydrogens (tertiary/aromatic N) is 2. The summed E-state index contributed by atoms with van der Waals surface area (Å²) in [6.07, 6.45) is -1.37. The van der Waals surface area contributed by atoms with Gasteiger partial charge in [0.1, 0.15) is 17.7 Å². The van der Waals surface area contributed by atoms with E-state index < -0.39 is 17.7 Å². The van der Waals surface area contributed by atoms with Gasteiger partial charge in [-0.15, -0.1) is 5.10 Å². The van der Waals surface area contributed by atoms with Crippen molar-refractivity contribution < 1.29 is 13.9 Å². The molecule has 6 heteroatoms. The lowest BCUT2D eigenvalue weighted by atomic mass is 10.0. The molecule has 0 fully saturated rings. The maximum absolute atomic E-state index is 13.8. The van der Waals surface area contributed by atoms with Gasteiger partial charge in [0.25, 0.3) is 0 Å². The second-order valence-corrected chi connectivity index (χ2v) is 4.50. The number of halogens is 2. The van der Waals surface area contributed by atoms with E-state index in [9.17, 15) is 13.9 Å². The molecule has 2 aromatic rings. The molecule has 17 heavy (non-hydrogen) atoms. The first-order valence-corrected chi connectivity index (χ1v) is 5.71. The minimum atomic E-state index is -1.37. The molecule has 1 N–H and O–H groups in total. The monoisotopic (exact) mass is 256 g/mol. The van der Waals surface area contributed by atoms with Crippen LogP contribution in [0, 0.1) is 25.5 Å². The van der Waals surface area contributed by atoms with Gasteiger partial charge in [-0.25, -0.2) is 8.78 Å². The van der Waals surface area contributed by atoms with Gasteiger partial charge in [-0.2, -0.15) is 0 Å². The molecular weight excluding hydrogens is 246 g/mol. The highest BCUT2D eigenvalue weighted by Gasteiger charge is 2.24. The van der Waals surface area contributed by atoms with E-state index in [4.69, 9.17) is 0 Å². The Morgan fingerprint density at radius 3 is 2.59 bits per heavy atom. The molecule has 0 aliphatic carbocycles. The number of rotatable bonds is 2. The van der Waals surface area contributed by atoms with Gasteiger partial charge in [-0.1, -0.05) is 10.6 Å². The van der Waals surface area contributed by atoms with Gasteiger partial charge >= 0.3 is 0 Å². The van der Waals surface area contributed by atoms with E-state index in [2.05, 4.69) is 9.59 Å². The first-order chi connectivity index (χ1) is 8.02. The molecule has 3 nitrogen and oxygen atoms in total. The summed E-state index contributed by atoms with van der Waals surface area (Å²) in [4.78, 5) is 0.355. The van der Waals surface area contributed by atoms with Crippen molar-refractivity contribution in [2.45, 2.75) is 20.0 Å². The zero-order valence-electron chi connectivity index (χ0n) is 9.24. The number of benzene rings is 1. The van der Waals surface area contributed by atoms with Gasteiger partial charge in [-0.05, 0) is 37.0 Å². The quantitative estimate of drug-likeness (QED) is 0.898. The Bertz CT molecular complexity index is 556. The average Bonchev–Trinajstić information content (AvgIpc) is 2.70. The Balaban J connectivity index is 2.55. The zero-order chi connectivity index (χ0) is 12.6. The SMILES string of the molecule is Cc1ccc(F)c(C(O)c2snnc2C)c1F. The smallest absolute Gasteiger partial charge is 0.135 e. The zero-order valence-corrected chi connectivity index (χ0v) is 10.1. The molecule has 0 aliphatic rings. The lowest BCUT2D eigenvalue weighted by Gasteiger charge is -2.12. The van der Waals surface area contributed by atoms with Crippen LogP contribution in [0.3, 0.4) is 0 Å². The Kier molecular flexibility index (Phi) is 3.17. The third-order valence-corrected chi connectivity index (χ3v) is 3.41. The molecule has 1 heterocycles.